The average molecular weight is 318 g/mol. The van der Waals surface area contributed by atoms with Crippen molar-refractivity contribution in [3.05, 3.63) is 48.0 Å². The van der Waals surface area contributed by atoms with Crippen molar-refractivity contribution in [3.8, 4) is 11.5 Å². The predicted octanol–water partition coefficient (Wildman–Crippen LogP) is 3.84. The van der Waals surface area contributed by atoms with Crippen LogP contribution in [0.15, 0.2) is 47.4 Å². The maximum Gasteiger partial charge on any atom is 0.329 e. The van der Waals surface area contributed by atoms with Crippen molar-refractivity contribution in [2.24, 2.45) is 0 Å². The number of carbonyl (C=O) groups is 1. The highest BCUT2D eigenvalue weighted by molar-refractivity contribution is 7.98. The largest absolute Gasteiger partial charge is 0.497 e. The van der Waals surface area contributed by atoms with Crippen molar-refractivity contribution in [2.45, 2.75) is 11.8 Å². The van der Waals surface area contributed by atoms with Gasteiger partial charge >= 0.3 is 6.03 Å². The van der Waals surface area contributed by atoms with Crippen LogP contribution in [0.1, 0.15) is 5.56 Å². The van der Waals surface area contributed by atoms with E-state index in [1.165, 1.54) is 17.5 Å². The SMILES string of the molecule is COc1ccc(OC)c(NC(=O)NSc2ccc(C)cc2)c1. The summed E-state index contributed by atoms with van der Waals surface area (Å²) in [5.74, 6) is 1.21. The highest BCUT2D eigenvalue weighted by Gasteiger charge is 2.09. The number of urea groups is 1. The van der Waals surface area contributed by atoms with Gasteiger partial charge in [0.05, 0.1) is 19.9 Å². The van der Waals surface area contributed by atoms with Crippen LogP contribution in [0.5, 0.6) is 11.5 Å². The summed E-state index contributed by atoms with van der Waals surface area (Å²) in [5.41, 5.74) is 1.72. The van der Waals surface area contributed by atoms with Crippen LogP contribution in [0.3, 0.4) is 0 Å². The van der Waals surface area contributed by atoms with E-state index in [0.29, 0.717) is 17.2 Å². The zero-order valence-electron chi connectivity index (χ0n) is 12.7. The fourth-order valence-electron chi connectivity index (χ4n) is 1.77. The van der Waals surface area contributed by atoms with Gasteiger partial charge in [0.15, 0.2) is 0 Å². The maximum absolute atomic E-state index is 12.0. The van der Waals surface area contributed by atoms with E-state index in [4.69, 9.17) is 9.47 Å². The first kappa shape index (κ1) is 16.0. The standard InChI is InChI=1S/C16H18N2O3S/c1-11-4-7-13(8-5-11)22-18-16(19)17-14-10-12(20-2)6-9-15(14)21-3/h4-10H,1-3H3,(H2,17,18,19). The van der Waals surface area contributed by atoms with Crippen molar-refractivity contribution in [3.63, 3.8) is 0 Å². The van der Waals surface area contributed by atoms with Crippen molar-refractivity contribution in [2.75, 3.05) is 19.5 Å². The van der Waals surface area contributed by atoms with Crippen LogP contribution in [0.2, 0.25) is 0 Å². The van der Waals surface area contributed by atoms with Crippen LogP contribution in [-0.2, 0) is 0 Å². The summed E-state index contributed by atoms with van der Waals surface area (Å²) in [5, 5.41) is 2.74. The van der Waals surface area contributed by atoms with Gasteiger partial charge in [0.1, 0.15) is 11.5 Å². The van der Waals surface area contributed by atoms with Gasteiger partial charge in [-0.15, -0.1) is 0 Å². The molecule has 0 aromatic heterocycles. The smallest absolute Gasteiger partial charge is 0.329 e. The van der Waals surface area contributed by atoms with Gasteiger partial charge in [-0.2, -0.15) is 0 Å². The average Bonchev–Trinajstić information content (AvgIpc) is 2.54. The van der Waals surface area contributed by atoms with Gasteiger partial charge in [-0.1, -0.05) is 17.7 Å². The zero-order valence-corrected chi connectivity index (χ0v) is 13.5. The molecule has 0 aliphatic heterocycles. The normalized spacial score (nSPS) is 9.95. The lowest BCUT2D eigenvalue weighted by Crippen LogP contribution is -2.23. The van der Waals surface area contributed by atoms with Crippen molar-refractivity contribution < 1.29 is 14.3 Å². The van der Waals surface area contributed by atoms with Gasteiger partial charge in [-0.25, -0.2) is 4.79 Å². The van der Waals surface area contributed by atoms with Crippen LogP contribution in [0.4, 0.5) is 10.5 Å². The second-order valence-electron chi connectivity index (χ2n) is 4.54. The van der Waals surface area contributed by atoms with E-state index in [1.807, 2.05) is 31.2 Å². The minimum absolute atomic E-state index is 0.336. The number of aryl methyl sites for hydroxylation is 1. The summed E-state index contributed by atoms with van der Waals surface area (Å²) in [6.07, 6.45) is 0. The lowest BCUT2D eigenvalue weighted by molar-refractivity contribution is 0.257. The molecule has 0 unspecified atom stereocenters. The first-order chi connectivity index (χ1) is 10.6. The number of amides is 2. The fraction of sp³-hybridized carbons (Fsp3) is 0.188. The highest BCUT2D eigenvalue weighted by Crippen LogP contribution is 2.29. The summed E-state index contributed by atoms with van der Waals surface area (Å²) in [6.45, 7) is 2.02. The molecule has 2 rings (SSSR count). The highest BCUT2D eigenvalue weighted by atomic mass is 32.2. The monoisotopic (exact) mass is 318 g/mol. The number of hydrogen-bond acceptors (Lipinski definition) is 4. The molecular formula is C16H18N2O3S. The zero-order chi connectivity index (χ0) is 15.9. The van der Waals surface area contributed by atoms with E-state index in [-0.39, 0.29) is 6.03 Å². The Hall–Kier alpha value is -2.34. The minimum atomic E-state index is -0.336. The van der Waals surface area contributed by atoms with E-state index >= 15 is 0 Å². The number of rotatable bonds is 5. The van der Waals surface area contributed by atoms with Gasteiger partial charge in [0.25, 0.3) is 0 Å². The summed E-state index contributed by atoms with van der Waals surface area (Å²) in [7, 11) is 3.12. The molecule has 6 heteroatoms. The summed E-state index contributed by atoms with van der Waals surface area (Å²) in [6, 6.07) is 12.8. The fourth-order valence-corrected chi connectivity index (χ4v) is 2.30. The Morgan fingerprint density at radius 3 is 2.41 bits per heavy atom. The molecule has 2 aromatic rings. The molecule has 5 nitrogen and oxygen atoms in total. The van der Waals surface area contributed by atoms with E-state index in [0.717, 1.165) is 4.90 Å². The Morgan fingerprint density at radius 1 is 1.05 bits per heavy atom. The van der Waals surface area contributed by atoms with Crippen molar-refractivity contribution in [1.29, 1.82) is 0 Å². The second-order valence-corrected chi connectivity index (χ2v) is 5.42. The molecule has 116 valence electrons. The van der Waals surface area contributed by atoms with Crippen molar-refractivity contribution >= 4 is 23.7 Å². The van der Waals surface area contributed by atoms with Gasteiger partial charge in [0.2, 0.25) is 0 Å². The summed E-state index contributed by atoms with van der Waals surface area (Å²) < 4.78 is 13.1. The summed E-state index contributed by atoms with van der Waals surface area (Å²) in [4.78, 5) is 12.9. The number of methoxy groups -OCH3 is 2. The van der Waals surface area contributed by atoms with Crippen molar-refractivity contribution in [1.82, 2.24) is 4.72 Å². The summed E-state index contributed by atoms with van der Waals surface area (Å²) >= 11 is 1.25. The molecule has 0 aliphatic carbocycles. The molecule has 0 saturated heterocycles. The molecule has 0 aliphatic rings. The van der Waals surface area contributed by atoms with E-state index in [9.17, 15) is 4.79 Å². The Morgan fingerprint density at radius 2 is 1.77 bits per heavy atom. The maximum atomic E-state index is 12.0. The number of nitrogens with one attached hydrogen (secondary N) is 2. The third kappa shape index (κ3) is 4.33. The number of ether oxygens (including phenoxy) is 2. The first-order valence-electron chi connectivity index (χ1n) is 6.65. The quantitative estimate of drug-likeness (QED) is 0.822. The number of benzene rings is 2. The molecule has 2 N–H and O–H groups in total. The molecular weight excluding hydrogens is 300 g/mol. The Labute approximate surface area is 134 Å². The number of hydrogen-bond donors (Lipinski definition) is 2. The third-order valence-corrected chi connectivity index (χ3v) is 3.73. The van der Waals surface area contributed by atoms with Crippen LogP contribution in [0.25, 0.3) is 0 Å². The van der Waals surface area contributed by atoms with Crippen LogP contribution in [-0.4, -0.2) is 20.3 Å². The molecule has 0 spiro atoms. The van der Waals surface area contributed by atoms with Gasteiger partial charge in [-0.05, 0) is 43.1 Å². The second kappa shape index (κ2) is 7.61. The molecule has 0 heterocycles. The molecule has 2 amide bonds. The van der Waals surface area contributed by atoms with E-state index in [2.05, 4.69) is 10.0 Å². The molecule has 0 saturated carbocycles. The first-order valence-corrected chi connectivity index (χ1v) is 7.46. The molecule has 0 bridgehead atoms. The Balaban J connectivity index is 1.98. The Kier molecular flexibility index (Phi) is 5.55. The lowest BCUT2D eigenvalue weighted by atomic mass is 10.2. The topological polar surface area (TPSA) is 59.6 Å². The molecule has 0 radical (unpaired) electrons. The molecule has 22 heavy (non-hydrogen) atoms. The van der Waals surface area contributed by atoms with Crippen LogP contribution < -0.4 is 19.5 Å². The predicted molar refractivity (Wildman–Crippen MR) is 88.7 cm³/mol. The van der Waals surface area contributed by atoms with Gasteiger partial charge in [-0.3, -0.25) is 4.72 Å². The lowest BCUT2D eigenvalue weighted by Gasteiger charge is -2.12. The van der Waals surface area contributed by atoms with Crippen LogP contribution in [0, 0.1) is 6.92 Å². The van der Waals surface area contributed by atoms with Crippen LogP contribution >= 0.6 is 11.9 Å². The van der Waals surface area contributed by atoms with E-state index in [1.54, 1.807) is 32.4 Å². The van der Waals surface area contributed by atoms with Gasteiger partial charge in [0, 0.05) is 11.0 Å². The third-order valence-electron chi connectivity index (χ3n) is 2.94. The molecule has 0 atom stereocenters. The Bertz CT molecular complexity index is 644. The molecule has 2 aromatic carbocycles. The number of carbonyl (C=O) groups excluding carboxylic acids is 1. The minimum Gasteiger partial charge on any atom is -0.497 e. The number of anilines is 1. The molecule has 0 fully saturated rings. The van der Waals surface area contributed by atoms with Gasteiger partial charge < -0.3 is 14.8 Å². The van der Waals surface area contributed by atoms with E-state index < -0.39 is 0 Å².